The van der Waals surface area contributed by atoms with E-state index in [1.54, 1.807) is 6.07 Å². The van der Waals surface area contributed by atoms with Crippen LogP contribution in [0.25, 0.3) is 0 Å². The monoisotopic (exact) mass is 326 g/mol. The number of ether oxygens (including phenoxy) is 3. The topological polar surface area (TPSA) is 44.8 Å². The van der Waals surface area contributed by atoms with Crippen molar-refractivity contribution in [3.05, 3.63) is 59.7 Å². The number of fused-ring (bicyclic) bond motifs is 1. The summed E-state index contributed by atoms with van der Waals surface area (Å²) in [6, 6.07) is 15.4. The Morgan fingerprint density at radius 3 is 2.42 bits per heavy atom. The molecule has 4 nitrogen and oxygen atoms in total. The van der Waals surface area contributed by atoms with Crippen LogP contribution in [0.5, 0.6) is 11.5 Å². The maximum atomic E-state index is 12.2. The predicted molar refractivity (Wildman–Crippen MR) is 91.3 cm³/mol. The summed E-state index contributed by atoms with van der Waals surface area (Å²) in [5.74, 6) is 0.809. The summed E-state index contributed by atoms with van der Waals surface area (Å²) in [7, 11) is 0. The van der Waals surface area contributed by atoms with Crippen LogP contribution in [-0.4, -0.2) is 18.7 Å². The minimum absolute atomic E-state index is 0.107. The van der Waals surface area contributed by atoms with Crippen LogP contribution in [0.3, 0.4) is 0 Å². The number of hydrogen-bond donors (Lipinski definition) is 0. The SMILES string of the molecule is CC(C)(C)c1ccc(COC(=O)[C@H]2COc3ccccc3O2)cc1. The zero-order valence-corrected chi connectivity index (χ0v) is 14.2. The second-order valence-electron chi connectivity index (χ2n) is 6.92. The van der Waals surface area contributed by atoms with Crippen molar-refractivity contribution in [3.8, 4) is 11.5 Å². The van der Waals surface area contributed by atoms with Gasteiger partial charge in [-0.05, 0) is 28.7 Å². The van der Waals surface area contributed by atoms with E-state index in [4.69, 9.17) is 14.2 Å². The molecule has 0 bridgehead atoms. The van der Waals surface area contributed by atoms with Gasteiger partial charge >= 0.3 is 5.97 Å². The molecule has 1 heterocycles. The summed E-state index contributed by atoms with van der Waals surface area (Å²) in [5.41, 5.74) is 2.31. The third kappa shape index (κ3) is 3.70. The molecule has 0 unspecified atom stereocenters. The summed E-state index contributed by atoms with van der Waals surface area (Å²) in [4.78, 5) is 12.2. The first-order valence-electron chi connectivity index (χ1n) is 8.08. The van der Waals surface area contributed by atoms with E-state index in [9.17, 15) is 4.79 Å². The molecule has 126 valence electrons. The molecular weight excluding hydrogens is 304 g/mol. The number of rotatable bonds is 3. The van der Waals surface area contributed by atoms with Crippen LogP contribution >= 0.6 is 0 Å². The molecule has 3 rings (SSSR count). The van der Waals surface area contributed by atoms with Crippen LogP contribution < -0.4 is 9.47 Å². The van der Waals surface area contributed by atoms with Gasteiger partial charge in [-0.15, -0.1) is 0 Å². The summed E-state index contributed by atoms with van der Waals surface area (Å²) in [6.07, 6.45) is -0.728. The first-order valence-corrected chi connectivity index (χ1v) is 8.08. The Morgan fingerprint density at radius 2 is 1.75 bits per heavy atom. The lowest BCUT2D eigenvalue weighted by atomic mass is 9.87. The lowest BCUT2D eigenvalue weighted by Crippen LogP contribution is -2.37. The second-order valence-corrected chi connectivity index (χ2v) is 6.92. The van der Waals surface area contributed by atoms with Crippen molar-refractivity contribution in [2.75, 3.05) is 6.61 Å². The van der Waals surface area contributed by atoms with Gasteiger partial charge in [-0.2, -0.15) is 0 Å². The van der Waals surface area contributed by atoms with Gasteiger partial charge in [0.15, 0.2) is 11.5 Å². The highest BCUT2D eigenvalue weighted by molar-refractivity contribution is 5.76. The van der Waals surface area contributed by atoms with E-state index in [0.29, 0.717) is 11.5 Å². The molecule has 0 aliphatic carbocycles. The normalized spacial score (nSPS) is 16.5. The van der Waals surface area contributed by atoms with Crippen LogP contribution in [-0.2, 0) is 21.6 Å². The van der Waals surface area contributed by atoms with Gasteiger partial charge < -0.3 is 14.2 Å². The van der Waals surface area contributed by atoms with Crippen LogP contribution in [0.4, 0.5) is 0 Å². The number of para-hydroxylation sites is 2. The Kier molecular flexibility index (Phi) is 4.47. The smallest absolute Gasteiger partial charge is 0.351 e. The van der Waals surface area contributed by atoms with E-state index in [2.05, 4.69) is 32.9 Å². The molecule has 1 aliphatic heterocycles. The summed E-state index contributed by atoms with van der Waals surface area (Å²) < 4.78 is 16.5. The second kappa shape index (κ2) is 6.56. The largest absolute Gasteiger partial charge is 0.485 e. The number of carbonyl (C=O) groups is 1. The molecule has 2 aromatic carbocycles. The minimum atomic E-state index is -0.728. The standard InChI is InChI=1S/C20H22O4/c1-20(2,3)15-10-8-14(9-11-15)12-23-19(21)18-13-22-16-6-4-5-7-17(16)24-18/h4-11,18H,12-13H2,1-3H3/t18-/m1/s1. The molecule has 4 heteroatoms. The van der Waals surface area contributed by atoms with E-state index in [-0.39, 0.29) is 18.6 Å². The van der Waals surface area contributed by atoms with Crippen molar-refractivity contribution in [1.29, 1.82) is 0 Å². The van der Waals surface area contributed by atoms with Gasteiger partial charge in [-0.1, -0.05) is 57.2 Å². The van der Waals surface area contributed by atoms with E-state index < -0.39 is 12.1 Å². The van der Waals surface area contributed by atoms with Crippen molar-refractivity contribution in [2.45, 2.75) is 38.9 Å². The highest BCUT2D eigenvalue weighted by Crippen LogP contribution is 2.31. The molecule has 0 saturated carbocycles. The Balaban J connectivity index is 1.56. The maximum Gasteiger partial charge on any atom is 0.351 e. The third-order valence-corrected chi connectivity index (χ3v) is 3.97. The summed E-state index contributed by atoms with van der Waals surface area (Å²) in [6.45, 7) is 6.89. The van der Waals surface area contributed by atoms with E-state index in [1.165, 1.54) is 5.56 Å². The zero-order valence-electron chi connectivity index (χ0n) is 14.2. The number of hydrogen-bond acceptors (Lipinski definition) is 4. The number of esters is 1. The molecule has 0 aromatic heterocycles. The van der Waals surface area contributed by atoms with Crippen LogP contribution in [0.1, 0.15) is 31.9 Å². The predicted octanol–water partition coefficient (Wildman–Crippen LogP) is 3.87. The summed E-state index contributed by atoms with van der Waals surface area (Å²) >= 11 is 0. The van der Waals surface area contributed by atoms with E-state index >= 15 is 0 Å². The van der Waals surface area contributed by atoms with Crippen LogP contribution in [0.15, 0.2) is 48.5 Å². The Morgan fingerprint density at radius 1 is 1.08 bits per heavy atom. The van der Waals surface area contributed by atoms with Crippen molar-refractivity contribution in [3.63, 3.8) is 0 Å². The molecule has 2 aromatic rings. The van der Waals surface area contributed by atoms with Gasteiger partial charge in [0, 0.05) is 0 Å². The fourth-order valence-electron chi connectivity index (χ4n) is 2.48. The van der Waals surface area contributed by atoms with Gasteiger partial charge in [0.25, 0.3) is 0 Å². The molecule has 1 aliphatic rings. The first kappa shape index (κ1) is 16.4. The zero-order chi connectivity index (χ0) is 17.2. The molecular formula is C20H22O4. The molecule has 1 atom stereocenters. The van der Waals surface area contributed by atoms with Crippen LogP contribution in [0.2, 0.25) is 0 Å². The Bertz CT molecular complexity index is 713. The highest BCUT2D eigenvalue weighted by atomic mass is 16.6. The maximum absolute atomic E-state index is 12.2. The summed E-state index contributed by atoms with van der Waals surface area (Å²) in [5, 5.41) is 0. The molecule has 0 saturated heterocycles. The molecule has 0 fully saturated rings. The quantitative estimate of drug-likeness (QED) is 0.803. The fraction of sp³-hybridized carbons (Fsp3) is 0.350. The molecule has 0 N–H and O–H groups in total. The van der Waals surface area contributed by atoms with Crippen molar-refractivity contribution >= 4 is 5.97 Å². The number of carbonyl (C=O) groups excluding carboxylic acids is 1. The van der Waals surface area contributed by atoms with Crippen molar-refractivity contribution in [1.82, 2.24) is 0 Å². The molecule has 24 heavy (non-hydrogen) atoms. The lowest BCUT2D eigenvalue weighted by molar-refractivity contribution is -0.155. The fourth-order valence-corrected chi connectivity index (χ4v) is 2.48. The van der Waals surface area contributed by atoms with Gasteiger partial charge in [0.2, 0.25) is 6.10 Å². The highest BCUT2D eigenvalue weighted by Gasteiger charge is 2.28. The van der Waals surface area contributed by atoms with Gasteiger partial charge in [0.05, 0.1) is 0 Å². The average molecular weight is 326 g/mol. The van der Waals surface area contributed by atoms with Crippen molar-refractivity contribution < 1.29 is 19.0 Å². The minimum Gasteiger partial charge on any atom is -0.485 e. The van der Waals surface area contributed by atoms with Crippen molar-refractivity contribution in [2.24, 2.45) is 0 Å². The average Bonchev–Trinajstić information content (AvgIpc) is 2.59. The molecule has 0 spiro atoms. The Hall–Kier alpha value is -2.49. The van der Waals surface area contributed by atoms with Gasteiger partial charge in [-0.3, -0.25) is 0 Å². The lowest BCUT2D eigenvalue weighted by Gasteiger charge is -2.25. The first-order chi connectivity index (χ1) is 11.4. The van der Waals surface area contributed by atoms with Gasteiger partial charge in [0.1, 0.15) is 13.2 Å². The third-order valence-electron chi connectivity index (χ3n) is 3.97. The Labute approximate surface area is 142 Å². The van der Waals surface area contributed by atoms with E-state index in [0.717, 1.165) is 5.56 Å². The van der Waals surface area contributed by atoms with Gasteiger partial charge in [-0.25, -0.2) is 4.79 Å². The van der Waals surface area contributed by atoms with Crippen LogP contribution in [0, 0.1) is 0 Å². The molecule has 0 radical (unpaired) electrons. The number of benzene rings is 2. The molecule has 0 amide bonds. The van der Waals surface area contributed by atoms with E-state index in [1.807, 2.05) is 30.3 Å².